The van der Waals surface area contributed by atoms with Gasteiger partial charge in [0.2, 0.25) is 10.0 Å². The first-order valence-corrected chi connectivity index (χ1v) is 11.1. The van der Waals surface area contributed by atoms with Gasteiger partial charge in [-0.25, -0.2) is 13.1 Å². The number of benzene rings is 1. The third-order valence-corrected chi connectivity index (χ3v) is 6.37. The average molecular weight is 390 g/mol. The lowest BCUT2D eigenvalue weighted by atomic mass is 10.2. The Morgan fingerprint density at radius 1 is 1.12 bits per heavy atom. The molecule has 0 amide bonds. The van der Waals surface area contributed by atoms with E-state index < -0.39 is 10.0 Å². The van der Waals surface area contributed by atoms with E-state index in [1.807, 2.05) is 47.8 Å². The molecule has 3 aromatic rings. The van der Waals surface area contributed by atoms with E-state index in [-0.39, 0.29) is 4.90 Å². The molecule has 0 aliphatic rings. The Labute approximate surface area is 158 Å². The van der Waals surface area contributed by atoms with Crippen LogP contribution >= 0.6 is 11.3 Å². The Bertz CT molecular complexity index is 917. The van der Waals surface area contributed by atoms with E-state index in [0.29, 0.717) is 18.8 Å². The summed E-state index contributed by atoms with van der Waals surface area (Å²) < 4.78 is 30.0. The van der Waals surface area contributed by atoms with Crippen molar-refractivity contribution in [2.75, 3.05) is 6.54 Å². The number of sulfonamides is 1. The Balaban J connectivity index is 1.90. The summed E-state index contributed by atoms with van der Waals surface area (Å²) in [5.41, 5.74) is 1.59. The number of unbranched alkanes of at least 4 members (excludes halogenated alkanes) is 2. The molecule has 0 bridgehead atoms. The molecule has 0 unspecified atom stereocenters. The van der Waals surface area contributed by atoms with E-state index in [4.69, 9.17) is 0 Å². The lowest BCUT2D eigenvalue weighted by molar-refractivity contribution is 0.576. The van der Waals surface area contributed by atoms with Crippen molar-refractivity contribution in [2.24, 2.45) is 0 Å². The first-order chi connectivity index (χ1) is 12.6. The summed E-state index contributed by atoms with van der Waals surface area (Å²) in [5, 5.41) is 6.49. The molecule has 5 nitrogen and oxygen atoms in total. The summed E-state index contributed by atoms with van der Waals surface area (Å²) in [6.45, 7) is 3.07. The van der Waals surface area contributed by atoms with Crippen LogP contribution in [-0.2, 0) is 16.6 Å². The van der Waals surface area contributed by atoms with Gasteiger partial charge in [-0.1, -0.05) is 56.2 Å². The van der Waals surface area contributed by atoms with E-state index in [1.165, 1.54) is 11.3 Å². The quantitative estimate of drug-likeness (QED) is 0.560. The normalized spacial score (nSPS) is 11.7. The van der Waals surface area contributed by atoms with Crippen molar-refractivity contribution in [3.8, 4) is 10.6 Å². The van der Waals surface area contributed by atoms with Gasteiger partial charge in [-0.05, 0) is 23.4 Å². The van der Waals surface area contributed by atoms with Crippen molar-refractivity contribution in [2.45, 2.75) is 37.6 Å². The van der Waals surface area contributed by atoms with E-state index in [0.717, 1.165) is 29.7 Å². The minimum atomic E-state index is -3.60. The highest BCUT2D eigenvalue weighted by molar-refractivity contribution is 7.89. The van der Waals surface area contributed by atoms with E-state index in [2.05, 4.69) is 16.7 Å². The van der Waals surface area contributed by atoms with Gasteiger partial charge in [0.25, 0.3) is 0 Å². The fourth-order valence-electron chi connectivity index (χ4n) is 2.69. The number of thiophene rings is 1. The number of nitrogens with one attached hydrogen (secondary N) is 1. The molecule has 26 heavy (non-hydrogen) atoms. The van der Waals surface area contributed by atoms with Gasteiger partial charge in [-0.15, -0.1) is 11.3 Å². The molecule has 7 heteroatoms. The van der Waals surface area contributed by atoms with Gasteiger partial charge in [-0.3, -0.25) is 4.68 Å². The van der Waals surface area contributed by atoms with E-state index in [1.54, 1.807) is 10.9 Å². The molecule has 0 spiro atoms. The average Bonchev–Trinajstić information content (AvgIpc) is 3.29. The Kier molecular flexibility index (Phi) is 6.24. The maximum atomic E-state index is 12.8. The highest BCUT2D eigenvalue weighted by atomic mass is 32.2. The zero-order valence-electron chi connectivity index (χ0n) is 14.8. The molecule has 0 aliphatic carbocycles. The van der Waals surface area contributed by atoms with Gasteiger partial charge in [0.05, 0.1) is 11.4 Å². The predicted molar refractivity (Wildman–Crippen MR) is 106 cm³/mol. The molecule has 0 atom stereocenters. The fourth-order valence-corrected chi connectivity index (χ4v) is 4.72. The van der Waals surface area contributed by atoms with Crippen LogP contribution in [0.5, 0.6) is 0 Å². The Morgan fingerprint density at radius 3 is 2.62 bits per heavy atom. The fraction of sp³-hybridized carbons (Fsp3) is 0.316. The van der Waals surface area contributed by atoms with Crippen LogP contribution in [0, 0.1) is 0 Å². The van der Waals surface area contributed by atoms with Gasteiger partial charge in [0, 0.05) is 12.7 Å². The first kappa shape index (κ1) is 18.8. The van der Waals surface area contributed by atoms with Gasteiger partial charge in [-0.2, -0.15) is 5.10 Å². The number of hydrogen-bond acceptors (Lipinski definition) is 4. The Morgan fingerprint density at radius 2 is 1.92 bits per heavy atom. The molecule has 3 rings (SSSR count). The molecular formula is C19H23N3O2S2. The first-order valence-electron chi connectivity index (χ1n) is 8.75. The molecular weight excluding hydrogens is 366 g/mol. The molecule has 0 radical (unpaired) electrons. The van der Waals surface area contributed by atoms with Crippen molar-refractivity contribution in [3.05, 3.63) is 59.6 Å². The second kappa shape index (κ2) is 8.62. The summed E-state index contributed by atoms with van der Waals surface area (Å²) in [6, 6.07) is 13.7. The van der Waals surface area contributed by atoms with Crippen LogP contribution in [0.1, 0.15) is 31.7 Å². The van der Waals surface area contributed by atoms with Crippen LogP contribution in [0.4, 0.5) is 0 Å². The topological polar surface area (TPSA) is 64.0 Å². The van der Waals surface area contributed by atoms with E-state index in [9.17, 15) is 8.42 Å². The van der Waals surface area contributed by atoms with Crippen LogP contribution in [0.15, 0.2) is 58.9 Å². The molecule has 138 valence electrons. The van der Waals surface area contributed by atoms with Gasteiger partial charge < -0.3 is 0 Å². The maximum Gasteiger partial charge on any atom is 0.244 e. The van der Waals surface area contributed by atoms with Crippen LogP contribution in [-0.4, -0.2) is 24.7 Å². The molecule has 0 saturated heterocycles. The maximum absolute atomic E-state index is 12.8. The van der Waals surface area contributed by atoms with Crippen LogP contribution in [0.3, 0.4) is 0 Å². The summed E-state index contributed by atoms with van der Waals surface area (Å²) >= 11 is 1.49. The highest BCUT2D eigenvalue weighted by Crippen LogP contribution is 2.29. The number of hydrogen-bond donors (Lipinski definition) is 1. The van der Waals surface area contributed by atoms with Crippen molar-refractivity contribution >= 4 is 21.4 Å². The minimum absolute atomic E-state index is 0.243. The Hall–Kier alpha value is -1.96. The van der Waals surface area contributed by atoms with Gasteiger partial charge in [0.1, 0.15) is 10.6 Å². The van der Waals surface area contributed by atoms with Crippen molar-refractivity contribution < 1.29 is 8.42 Å². The van der Waals surface area contributed by atoms with Crippen LogP contribution < -0.4 is 4.72 Å². The third kappa shape index (κ3) is 4.60. The minimum Gasteiger partial charge on any atom is -0.266 e. The molecule has 0 fully saturated rings. The molecule has 0 saturated carbocycles. The number of nitrogens with zero attached hydrogens (tertiary/aromatic N) is 2. The van der Waals surface area contributed by atoms with Crippen molar-refractivity contribution in [3.63, 3.8) is 0 Å². The second-order valence-corrected chi connectivity index (χ2v) is 8.79. The van der Waals surface area contributed by atoms with Crippen molar-refractivity contribution in [1.82, 2.24) is 14.5 Å². The monoisotopic (exact) mass is 389 g/mol. The molecule has 0 aliphatic heterocycles. The predicted octanol–water partition coefficient (Wildman–Crippen LogP) is 4.13. The molecule has 1 N–H and O–H groups in total. The third-order valence-electron chi connectivity index (χ3n) is 4.03. The number of rotatable bonds is 9. The zero-order chi connectivity index (χ0) is 18.4. The summed E-state index contributed by atoms with van der Waals surface area (Å²) in [4.78, 5) is 1.10. The van der Waals surface area contributed by atoms with Crippen molar-refractivity contribution in [1.29, 1.82) is 0 Å². The summed E-state index contributed by atoms with van der Waals surface area (Å²) in [6.07, 6.45) is 4.52. The second-order valence-electron chi connectivity index (χ2n) is 6.11. The van der Waals surface area contributed by atoms with E-state index >= 15 is 0 Å². The number of aromatic nitrogens is 2. The summed E-state index contributed by atoms with van der Waals surface area (Å²) in [7, 11) is -3.60. The molecule has 2 heterocycles. The zero-order valence-corrected chi connectivity index (χ0v) is 16.4. The largest absolute Gasteiger partial charge is 0.266 e. The molecule has 2 aromatic heterocycles. The lowest BCUT2D eigenvalue weighted by Gasteiger charge is -2.05. The van der Waals surface area contributed by atoms with Crippen LogP contribution in [0.25, 0.3) is 10.6 Å². The lowest BCUT2D eigenvalue weighted by Crippen LogP contribution is -2.25. The van der Waals surface area contributed by atoms with Gasteiger partial charge >= 0.3 is 0 Å². The standard InChI is InChI=1S/C19H23N3O2S2/c1-2-3-7-12-20-26(23,24)18-15-22(14-16-9-5-4-6-10-16)21-19(18)17-11-8-13-25-17/h4-6,8-11,13,15,20H,2-3,7,12,14H2,1H3. The SMILES string of the molecule is CCCCCNS(=O)(=O)c1cn(Cc2ccccc2)nc1-c1cccs1. The van der Waals surface area contributed by atoms with Crippen LogP contribution in [0.2, 0.25) is 0 Å². The summed E-state index contributed by atoms with van der Waals surface area (Å²) in [5.74, 6) is 0. The van der Waals surface area contributed by atoms with Gasteiger partial charge in [0.15, 0.2) is 0 Å². The highest BCUT2D eigenvalue weighted by Gasteiger charge is 2.24. The smallest absolute Gasteiger partial charge is 0.244 e. The molecule has 1 aromatic carbocycles.